The second-order valence-corrected chi connectivity index (χ2v) is 8.97. The van der Waals surface area contributed by atoms with Crippen LogP contribution in [0, 0.1) is 5.92 Å². The lowest BCUT2D eigenvalue weighted by Crippen LogP contribution is -2.37. The largest absolute Gasteiger partial charge is 0.326 e. The Balaban J connectivity index is 1.43. The van der Waals surface area contributed by atoms with Gasteiger partial charge in [0.25, 0.3) is 5.91 Å². The number of hydrogen-bond donors (Lipinski definition) is 1. The van der Waals surface area contributed by atoms with Gasteiger partial charge in [-0.2, -0.15) is 0 Å². The number of carbonyl (C=O) groups is 3. The Morgan fingerprint density at radius 3 is 2.25 bits per heavy atom. The van der Waals surface area contributed by atoms with Gasteiger partial charge in [-0.1, -0.05) is 66.7 Å². The summed E-state index contributed by atoms with van der Waals surface area (Å²) in [7, 11) is 0. The summed E-state index contributed by atoms with van der Waals surface area (Å²) in [5.41, 5.74) is 2.77. The van der Waals surface area contributed by atoms with Crippen molar-refractivity contribution in [3.05, 3.63) is 103 Å². The Bertz CT molecular complexity index is 1480. The summed E-state index contributed by atoms with van der Waals surface area (Å²) < 4.78 is 0. The molecule has 0 radical (unpaired) electrons. The Morgan fingerprint density at radius 2 is 1.50 bits per heavy atom. The first-order valence-corrected chi connectivity index (χ1v) is 11.8. The standard InChI is InChI=1S/C29H23N3O4/c1-18(33)30-21-16-14-20(15-17-21)26-25-27(36-32(26)22-10-3-2-4-11-22)29(35)31(28(25)34)24-13-7-9-19-8-5-6-12-23(19)24/h2-17,25-27H,1H3,(H,30,33)/t25-,26+,27-/m1/s1. The van der Waals surface area contributed by atoms with E-state index in [0.717, 1.165) is 22.0 Å². The van der Waals surface area contributed by atoms with Crippen LogP contribution in [-0.4, -0.2) is 23.8 Å². The number of nitrogens with one attached hydrogen (secondary N) is 1. The number of anilines is 3. The molecule has 2 saturated heterocycles. The van der Waals surface area contributed by atoms with E-state index in [0.29, 0.717) is 11.4 Å². The van der Waals surface area contributed by atoms with Crippen LogP contribution in [0.4, 0.5) is 17.1 Å². The average Bonchev–Trinajstić information content (AvgIpc) is 3.40. The summed E-state index contributed by atoms with van der Waals surface area (Å²) in [6.45, 7) is 1.45. The van der Waals surface area contributed by atoms with Crippen LogP contribution in [0.2, 0.25) is 0 Å². The molecule has 178 valence electrons. The zero-order valence-electron chi connectivity index (χ0n) is 19.5. The molecule has 0 spiro atoms. The highest BCUT2D eigenvalue weighted by Crippen LogP contribution is 2.48. The normalized spacial score (nSPS) is 21.2. The quantitative estimate of drug-likeness (QED) is 0.425. The number of rotatable bonds is 4. The van der Waals surface area contributed by atoms with Crippen molar-refractivity contribution in [3.63, 3.8) is 0 Å². The second-order valence-electron chi connectivity index (χ2n) is 8.97. The lowest BCUT2D eigenvalue weighted by molar-refractivity contribution is -0.126. The highest BCUT2D eigenvalue weighted by atomic mass is 16.7. The fourth-order valence-corrected chi connectivity index (χ4v) is 5.16. The van der Waals surface area contributed by atoms with Gasteiger partial charge in [0, 0.05) is 18.0 Å². The molecular formula is C29H23N3O4. The number of para-hydroxylation sites is 1. The van der Waals surface area contributed by atoms with Crippen molar-refractivity contribution in [2.75, 3.05) is 15.3 Å². The van der Waals surface area contributed by atoms with E-state index in [2.05, 4.69) is 5.32 Å². The fourth-order valence-electron chi connectivity index (χ4n) is 5.16. The van der Waals surface area contributed by atoms with Crippen LogP contribution in [0.25, 0.3) is 10.8 Å². The van der Waals surface area contributed by atoms with E-state index in [1.54, 1.807) is 23.3 Å². The smallest absolute Gasteiger partial charge is 0.266 e. The molecule has 0 aromatic heterocycles. The van der Waals surface area contributed by atoms with Crippen LogP contribution < -0.4 is 15.3 Å². The van der Waals surface area contributed by atoms with Gasteiger partial charge in [0.2, 0.25) is 11.8 Å². The van der Waals surface area contributed by atoms with Crippen molar-refractivity contribution in [2.45, 2.75) is 19.1 Å². The van der Waals surface area contributed by atoms with E-state index < -0.39 is 18.1 Å². The fraction of sp³-hybridized carbons (Fsp3) is 0.138. The first-order chi connectivity index (χ1) is 17.5. The maximum Gasteiger partial charge on any atom is 0.266 e. The number of fused-ring (bicyclic) bond motifs is 2. The van der Waals surface area contributed by atoms with Crippen LogP contribution in [0.5, 0.6) is 0 Å². The monoisotopic (exact) mass is 477 g/mol. The number of hydroxylamine groups is 1. The zero-order chi connectivity index (χ0) is 24.8. The Labute approximate surface area is 207 Å². The van der Waals surface area contributed by atoms with Gasteiger partial charge in [0.15, 0.2) is 6.10 Å². The number of benzene rings is 4. The number of amides is 3. The van der Waals surface area contributed by atoms with E-state index in [1.165, 1.54) is 11.8 Å². The molecule has 2 fully saturated rings. The van der Waals surface area contributed by atoms with Gasteiger partial charge in [0.1, 0.15) is 5.92 Å². The Hall–Kier alpha value is -4.49. The first-order valence-electron chi connectivity index (χ1n) is 11.8. The van der Waals surface area contributed by atoms with Gasteiger partial charge in [0.05, 0.1) is 17.4 Å². The minimum absolute atomic E-state index is 0.166. The lowest BCUT2D eigenvalue weighted by Gasteiger charge is -2.29. The van der Waals surface area contributed by atoms with Gasteiger partial charge in [-0.3, -0.25) is 19.2 Å². The molecule has 0 aliphatic carbocycles. The molecule has 7 heteroatoms. The molecule has 3 atom stereocenters. The van der Waals surface area contributed by atoms with Gasteiger partial charge in [-0.25, -0.2) is 9.96 Å². The van der Waals surface area contributed by atoms with E-state index in [1.807, 2.05) is 78.9 Å². The zero-order valence-corrected chi connectivity index (χ0v) is 19.5. The van der Waals surface area contributed by atoms with E-state index in [-0.39, 0.29) is 17.7 Å². The third-order valence-corrected chi connectivity index (χ3v) is 6.71. The van der Waals surface area contributed by atoms with Gasteiger partial charge in [-0.05, 0) is 41.3 Å². The molecule has 0 saturated carbocycles. The predicted molar refractivity (Wildman–Crippen MR) is 137 cm³/mol. The molecule has 7 nitrogen and oxygen atoms in total. The van der Waals surface area contributed by atoms with Crippen LogP contribution in [0.15, 0.2) is 97.1 Å². The van der Waals surface area contributed by atoms with Crippen molar-refractivity contribution < 1.29 is 19.2 Å². The van der Waals surface area contributed by atoms with Crippen LogP contribution in [-0.2, 0) is 19.2 Å². The van der Waals surface area contributed by atoms with E-state index >= 15 is 0 Å². The molecule has 1 N–H and O–H groups in total. The number of carbonyl (C=O) groups excluding carboxylic acids is 3. The molecule has 6 rings (SSSR count). The third kappa shape index (κ3) is 3.52. The van der Waals surface area contributed by atoms with E-state index in [9.17, 15) is 14.4 Å². The number of nitrogens with zero attached hydrogens (tertiary/aromatic N) is 2. The molecule has 4 aromatic rings. The first kappa shape index (κ1) is 22.0. The summed E-state index contributed by atoms with van der Waals surface area (Å²) in [5.74, 6) is -1.57. The van der Waals surface area contributed by atoms with Gasteiger partial charge >= 0.3 is 0 Å². The van der Waals surface area contributed by atoms with Gasteiger partial charge < -0.3 is 5.32 Å². The highest BCUT2D eigenvalue weighted by Gasteiger charge is 2.60. The summed E-state index contributed by atoms with van der Waals surface area (Å²) in [5, 5.41) is 6.21. The average molecular weight is 478 g/mol. The summed E-state index contributed by atoms with van der Waals surface area (Å²) in [4.78, 5) is 46.6. The molecule has 3 amide bonds. The summed E-state index contributed by atoms with van der Waals surface area (Å²) in [6.07, 6.45) is -0.948. The molecule has 36 heavy (non-hydrogen) atoms. The molecule has 2 heterocycles. The van der Waals surface area contributed by atoms with Gasteiger partial charge in [-0.15, -0.1) is 0 Å². The van der Waals surface area contributed by atoms with E-state index in [4.69, 9.17) is 4.84 Å². The molecule has 2 aliphatic heterocycles. The van der Waals surface area contributed by atoms with Crippen molar-refractivity contribution in [1.82, 2.24) is 0 Å². The maximum atomic E-state index is 14.0. The van der Waals surface area contributed by atoms with Crippen LogP contribution in [0.1, 0.15) is 18.5 Å². The Kier molecular flexibility index (Phi) is 5.27. The highest BCUT2D eigenvalue weighted by molar-refractivity contribution is 6.26. The number of imide groups is 1. The lowest BCUT2D eigenvalue weighted by atomic mass is 9.90. The minimum atomic E-state index is -0.948. The minimum Gasteiger partial charge on any atom is -0.326 e. The van der Waals surface area contributed by atoms with Crippen LogP contribution >= 0.6 is 0 Å². The summed E-state index contributed by atoms with van der Waals surface area (Å²) in [6, 6.07) is 29.5. The molecular weight excluding hydrogens is 454 g/mol. The topological polar surface area (TPSA) is 79.0 Å². The van der Waals surface area contributed by atoms with Crippen molar-refractivity contribution >= 4 is 45.6 Å². The predicted octanol–water partition coefficient (Wildman–Crippen LogP) is 4.85. The number of hydrogen-bond acceptors (Lipinski definition) is 5. The molecule has 2 aliphatic rings. The SMILES string of the molecule is CC(=O)Nc1ccc([C@H]2[C@H]3C(=O)N(c4cccc5ccccc45)C(=O)[C@@H]3ON2c2ccccc2)cc1. The second kappa shape index (κ2) is 8.62. The van der Waals surface area contributed by atoms with Crippen molar-refractivity contribution in [3.8, 4) is 0 Å². The molecule has 0 bridgehead atoms. The maximum absolute atomic E-state index is 14.0. The third-order valence-electron chi connectivity index (χ3n) is 6.71. The Morgan fingerprint density at radius 1 is 0.806 bits per heavy atom. The summed E-state index contributed by atoms with van der Waals surface area (Å²) >= 11 is 0. The molecule has 0 unspecified atom stereocenters. The van der Waals surface area contributed by atoms with Crippen molar-refractivity contribution in [1.29, 1.82) is 0 Å². The van der Waals surface area contributed by atoms with Crippen LogP contribution in [0.3, 0.4) is 0 Å². The molecule has 4 aromatic carbocycles. The van der Waals surface area contributed by atoms with Crippen molar-refractivity contribution in [2.24, 2.45) is 5.92 Å².